The van der Waals surface area contributed by atoms with E-state index in [2.05, 4.69) is 38.7 Å². The molecule has 0 aliphatic carbocycles. The van der Waals surface area contributed by atoms with E-state index < -0.39 is 0 Å². The normalized spacial score (nSPS) is 20.2. The summed E-state index contributed by atoms with van der Waals surface area (Å²) in [5, 5.41) is 0. The largest absolute Gasteiger partial charge is 0.330 e. The van der Waals surface area contributed by atoms with Crippen molar-refractivity contribution in [3.8, 4) is 0 Å². The van der Waals surface area contributed by atoms with Gasteiger partial charge in [0.2, 0.25) is 0 Å². The smallest absolute Gasteiger partial charge is 0.0166 e. The van der Waals surface area contributed by atoms with E-state index in [9.17, 15) is 0 Å². The van der Waals surface area contributed by atoms with Gasteiger partial charge in [0.1, 0.15) is 0 Å². The summed E-state index contributed by atoms with van der Waals surface area (Å²) in [6.07, 6.45) is 6.24. The van der Waals surface area contributed by atoms with Crippen molar-refractivity contribution in [1.29, 1.82) is 0 Å². The molecule has 100 valence electrons. The number of nitrogens with zero attached hydrogens (tertiary/aromatic N) is 1. The molecule has 1 aliphatic rings. The van der Waals surface area contributed by atoms with E-state index in [1.165, 1.54) is 32.4 Å². The van der Waals surface area contributed by atoms with E-state index in [1.54, 1.807) is 5.57 Å². The highest BCUT2D eigenvalue weighted by Gasteiger charge is 2.20. The summed E-state index contributed by atoms with van der Waals surface area (Å²) < 4.78 is 0. The highest BCUT2D eigenvalue weighted by Crippen LogP contribution is 2.30. The average Bonchev–Trinajstić information content (AvgIpc) is 2.28. The Morgan fingerprint density at radius 3 is 2.59 bits per heavy atom. The van der Waals surface area contributed by atoms with Gasteiger partial charge in [0.05, 0.1) is 0 Å². The van der Waals surface area contributed by atoms with Crippen molar-refractivity contribution in [3.63, 3.8) is 0 Å². The molecule has 0 radical (unpaired) electrons. The molecule has 0 aromatic heterocycles. The van der Waals surface area contributed by atoms with Gasteiger partial charge < -0.3 is 5.73 Å². The minimum absolute atomic E-state index is 0.361. The first-order valence-electron chi connectivity index (χ1n) is 7.05. The van der Waals surface area contributed by atoms with Crippen LogP contribution in [-0.4, -0.2) is 31.1 Å². The maximum absolute atomic E-state index is 5.63. The minimum atomic E-state index is 0.361. The molecule has 1 rings (SSSR count). The Kier molecular flexibility index (Phi) is 5.68. The molecule has 2 heteroatoms. The number of hydrogen-bond donors (Lipinski definition) is 1. The van der Waals surface area contributed by atoms with Crippen LogP contribution in [0.25, 0.3) is 0 Å². The second-order valence-corrected chi connectivity index (χ2v) is 6.51. The summed E-state index contributed by atoms with van der Waals surface area (Å²) in [5.41, 5.74) is 7.62. The monoisotopic (exact) mass is 238 g/mol. The molecule has 0 bridgehead atoms. The predicted molar refractivity (Wildman–Crippen MR) is 76.0 cm³/mol. The van der Waals surface area contributed by atoms with Gasteiger partial charge in [-0.25, -0.2) is 0 Å². The van der Waals surface area contributed by atoms with Gasteiger partial charge in [-0.15, -0.1) is 0 Å². The fraction of sp³-hybridized carbons (Fsp3) is 0.867. The molecule has 17 heavy (non-hydrogen) atoms. The second-order valence-electron chi connectivity index (χ2n) is 6.51. The highest BCUT2D eigenvalue weighted by molar-refractivity contribution is 5.14. The Balaban J connectivity index is 2.25. The SMILES string of the molecule is CC(CN)CCCN1CC=C(C(C)(C)C)CC1. The topological polar surface area (TPSA) is 29.3 Å². The summed E-state index contributed by atoms with van der Waals surface area (Å²) in [4.78, 5) is 2.57. The molecule has 1 heterocycles. The lowest BCUT2D eigenvalue weighted by atomic mass is 9.83. The second kappa shape index (κ2) is 6.55. The van der Waals surface area contributed by atoms with E-state index in [0.717, 1.165) is 13.1 Å². The molecular weight excluding hydrogens is 208 g/mol. The molecular formula is C15H30N2. The van der Waals surface area contributed by atoms with Crippen LogP contribution in [0, 0.1) is 11.3 Å². The van der Waals surface area contributed by atoms with Crippen molar-refractivity contribution in [3.05, 3.63) is 11.6 Å². The van der Waals surface area contributed by atoms with Gasteiger partial charge in [0, 0.05) is 13.1 Å². The highest BCUT2D eigenvalue weighted by atomic mass is 15.1. The summed E-state index contributed by atoms with van der Waals surface area (Å²) in [6, 6.07) is 0. The van der Waals surface area contributed by atoms with Gasteiger partial charge in [-0.2, -0.15) is 0 Å². The van der Waals surface area contributed by atoms with E-state index in [-0.39, 0.29) is 0 Å². The third kappa shape index (κ3) is 5.22. The average molecular weight is 238 g/mol. The van der Waals surface area contributed by atoms with E-state index in [4.69, 9.17) is 5.73 Å². The lowest BCUT2D eigenvalue weighted by molar-refractivity contribution is 0.268. The molecule has 0 aromatic carbocycles. The van der Waals surface area contributed by atoms with Crippen molar-refractivity contribution in [2.24, 2.45) is 17.1 Å². The number of hydrogen-bond acceptors (Lipinski definition) is 2. The zero-order valence-electron chi connectivity index (χ0n) is 12.1. The molecule has 0 fully saturated rings. The van der Waals surface area contributed by atoms with E-state index >= 15 is 0 Å². The van der Waals surface area contributed by atoms with Gasteiger partial charge >= 0.3 is 0 Å². The first-order valence-corrected chi connectivity index (χ1v) is 7.05. The summed E-state index contributed by atoms with van der Waals surface area (Å²) in [7, 11) is 0. The standard InChI is InChI=1S/C15H30N2/c1-13(12-16)6-5-9-17-10-7-14(8-11-17)15(2,3)4/h7,13H,5-6,8-12,16H2,1-4H3. The van der Waals surface area contributed by atoms with Crippen molar-refractivity contribution in [2.45, 2.75) is 47.0 Å². The van der Waals surface area contributed by atoms with Crippen molar-refractivity contribution in [2.75, 3.05) is 26.2 Å². The van der Waals surface area contributed by atoms with Crippen molar-refractivity contribution < 1.29 is 0 Å². The molecule has 1 atom stereocenters. The quantitative estimate of drug-likeness (QED) is 0.746. The van der Waals surface area contributed by atoms with E-state index in [1.807, 2.05) is 0 Å². The molecule has 2 nitrogen and oxygen atoms in total. The fourth-order valence-corrected chi connectivity index (χ4v) is 2.38. The number of nitrogens with two attached hydrogens (primary N) is 1. The molecule has 0 saturated heterocycles. The summed E-state index contributed by atoms with van der Waals surface area (Å²) in [5.74, 6) is 0.681. The van der Waals surface area contributed by atoms with Gasteiger partial charge in [-0.05, 0) is 43.7 Å². The maximum atomic E-state index is 5.63. The van der Waals surface area contributed by atoms with Crippen LogP contribution in [0.2, 0.25) is 0 Å². The first kappa shape index (κ1) is 14.7. The minimum Gasteiger partial charge on any atom is -0.330 e. The van der Waals surface area contributed by atoms with Gasteiger partial charge in [-0.1, -0.05) is 39.3 Å². The molecule has 1 aliphatic heterocycles. The molecule has 0 spiro atoms. The Labute approximate surface area is 107 Å². The zero-order chi connectivity index (χ0) is 12.9. The van der Waals surface area contributed by atoms with Crippen LogP contribution in [0.15, 0.2) is 11.6 Å². The van der Waals surface area contributed by atoms with Crippen LogP contribution in [0.1, 0.15) is 47.0 Å². The lowest BCUT2D eigenvalue weighted by Crippen LogP contribution is -2.32. The van der Waals surface area contributed by atoms with Crippen molar-refractivity contribution >= 4 is 0 Å². The Morgan fingerprint density at radius 1 is 1.41 bits per heavy atom. The van der Waals surface area contributed by atoms with Crippen LogP contribution >= 0.6 is 0 Å². The van der Waals surface area contributed by atoms with Crippen LogP contribution in [0.5, 0.6) is 0 Å². The third-order valence-corrected chi connectivity index (χ3v) is 3.83. The Bertz CT molecular complexity index is 250. The fourth-order valence-electron chi connectivity index (χ4n) is 2.38. The van der Waals surface area contributed by atoms with E-state index in [0.29, 0.717) is 11.3 Å². The predicted octanol–water partition coefficient (Wildman–Crippen LogP) is 3.04. The molecule has 2 N–H and O–H groups in total. The van der Waals surface area contributed by atoms with Crippen molar-refractivity contribution in [1.82, 2.24) is 4.90 Å². The van der Waals surface area contributed by atoms with Crippen LogP contribution < -0.4 is 5.73 Å². The van der Waals surface area contributed by atoms with Crippen LogP contribution in [-0.2, 0) is 0 Å². The molecule has 0 amide bonds. The Morgan fingerprint density at radius 2 is 2.12 bits per heavy atom. The molecule has 0 saturated carbocycles. The van der Waals surface area contributed by atoms with Crippen LogP contribution in [0.4, 0.5) is 0 Å². The maximum Gasteiger partial charge on any atom is 0.0166 e. The molecule has 1 unspecified atom stereocenters. The first-order chi connectivity index (χ1) is 7.93. The number of rotatable bonds is 5. The van der Waals surface area contributed by atoms with Gasteiger partial charge in [0.25, 0.3) is 0 Å². The lowest BCUT2D eigenvalue weighted by Gasteiger charge is -2.32. The zero-order valence-corrected chi connectivity index (χ0v) is 12.1. The summed E-state index contributed by atoms with van der Waals surface area (Å²) >= 11 is 0. The van der Waals surface area contributed by atoms with Gasteiger partial charge in [-0.3, -0.25) is 4.90 Å². The van der Waals surface area contributed by atoms with Crippen LogP contribution in [0.3, 0.4) is 0 Å². The molecule has 0 aromatic rings. The third-order valence-electron chi connectivity index (χ3n) is 3.83. The summed E-state index contributed by atoms with van der Waals surface area (Å²) in [6.45, 7) is 13.6. The van der Waals surface area contributed by atoms with Gasteiger partial charge in [0.15, 0.2) is 0 Å². The Hall–Kier alpha value is -0.340.